The molecule has 0 atom stereocenters. The molecule has 0 aliphatic rings. The van der Waals surface area contributed by atoms with E-state index in [0.717, 1.165) is 17.1 Å². The molecule has 0 radical (unpaired) electrons. The molecule has 0 fully saturated rings. The van der Waals surface area contributed by atoms with Crippen LogP contribution < -0.4 is 10.6 Å². The van der Waals surface area contributed by atoms with Gasteiger partial charge in [0.1, 0.15) is 12.0 Å². The smallest absolute Gasteiger partial charge is 0.251 e. The largest absolute Gasteiger partial charge is 0.378 e. The van der Waals surface area contributed by atoms with Gasteiger partial charge in [-0.05, 0) is 35.9 Å². The lowest BCUT2D eigenvalue weighted by molar-refractivity contribution is 0.0951. The van der Waals surface area contributed by atoms with Crippen molar-refractivity contribution in [1.29, 1.82) is 0 Å². The number of rotatable bonds is 7. The van der Waals surface area contributed by atoms with Crippen LogP contribution in [0.1, 0.15) is 21.7 Å². The predicted molar refractivity (Wildman–Crippen MR) is 111 cm³/mol. The first-order valence-corrected chi connectivity index (χ1v) is 9.36. The summed E-state index contributed by atoms with van der Waals surface area (Å²) < 4.78 is 1.87. The Labute approximate surface area is 173 Å². The highest BCUT2D eigenvalue weighted by Crippen LogP contribution is 2.15. The van der Waals surface area contributed by atoms with Gasteiger partial charge >= 0.3 is 0 Å². The van der Waals surface area contributed by atoms with E-state index < -0.39 is 0 Å². The van der Waals surface area contributed by atoms with Gasteiger partial charge in [-0.1, -0.05) is 12.1 Å². The maximum Gasteiger partial charge on any atom is 0.251 e. The van der Waals surface area contributed by atoms with E-state index in [-0.39, 0.29) is 5.91 Å². The Morgan fingerprint density at radius 3 is 2.77 bits per heavy atom. The summed E-state index contributed by atoms with van der Waals surface area (Å²) in [6.07, 6.45) is 6.58. The first kappa shape index (κ1) is 19.2. The molecule has 3 heterocycles. The van der Waals surface area contributed by atoms with Crippen LogP contribution in [0.5, 0.6) is 0 Å². The van der Waals surface area contributed by atoms with E-state index in [1.807, 2.05) is 35.9 Å². The fourth-order valence-electron chi connectivity index (χ4n) is 2.90. The second-order valence-electron chi connectivity index (χ2n) is 6.57. The fraction of sp³-hybridized carbons (Fsp3) is 0.143. The Kier molecular flexibility index (Phi) is 5.70. The third-order valence-corrected chi connectivity index (χ3v) is 4.53. The number of nitrogens with zero attached hydrogens (tertiary/aromatic N) is 6. The number of amides is 1. The number of carbonyl (C=O) groups excluding carboxylic acids is 1. The van der Waals surface area contributed by atoms with Crippen LogP contribution in [0.25, 0.3) is 11.5 Å². The Morgan fingerprint density at radius 1 is 1.03 bits per heavy atom. The zero-order valence-electron chi connectivity index (χ0n) is 16.4. The van der Waals surface area contributed by atoms with Crippen LogP contribution in [0.2, 0.25) is 0 Å². The third-order valence-electron chi connectivity index (χ3n) is 4.53. The fourth-order valence-corrected chi connectivity index (χ4v) is 2.90. The SMILES string of the molecule is Cn1c(CNc2cccc(C(=O)NCc3cccnc3)c2)nnc1-c1ccncn1. The first-order valence-electron chi connectivity index (χ1n) is 9.36. The summed E-state index contributed by atoms with van der Waals surface area (Å²) in [5, 5.41) is 14.6. The van der Waals surface area contributed by atoms with Crippen molar-refractivity contribution in [2.45, 2.75) is 13.1 Å². The van der Waals surface area contributed by atoms with Crippen molar-refractivity contribution in [2.24, 2.45) is 7.05 Å². The summed E-state index contributed by atoms with van der Waals surface area (Å²) >= 11 is 0. The molecule has 4 aromatic rings. The Morgan fingerprint density at radius 2 is 1.97 bits per heavy atom. The maximum atomic E-state index is 12.5. The Balaban J connectivity index is 1.39. The minimum atomic E-state index is -0.146. The molecule has 1 amide bonds. The van der Waals surface area contributed by atoms with Crippen LogP contribution in [0.3, 0.4) is 0 Å². The number of anilines is 1. The summed E-state index contributed by atoms with van der Waals surface area (Å²) in [5.41, 5.74) is 3.04. The van der Waals surface area contributed by atoms with Crippen LogP contribution in [-0.4, -0.2) is 35.6 Å². The van der Waals surface area contributed by atoms with Gasteiger partial charge in [-0.25, -0.2) is 9.97 Å². The number of pyridine rings is 1. The zero-order valence-corrected chi connectivity index (χ0v) is 16.4. The minimum absolute atomic E-state index is 0.146. The van der Waals surface area contributed by atoms with Crippen molar-refractivity contribution in [2.75, 3.05) is 5.32 Å². The molecule has 0 unspecified atom stereocenters. The predicted octanol–water partition coefficient (Wildman–Crippen LogP) is 2.21. The lowest BCUT2D eigenvalue weighted by atomic mass is 10.2. The highest BCUT2D eigenvalue weighted by Gasteiger charge is 2.12. The van der Waals surface area contributed by atoms with Gasteiger partial charge in [-0.15, -0.1) is 10.2 Å². The number of hydrogen-bond donors (Lipinski definition) is 2. The van der Waals surface area contributed by atoms with Crippen LogP contribution in [0.4, 0.5) is 5.69 Å². The molecule has 9 heteroatoms. The monoisotopic (exact) mass is 400 g/mol. The van der Waals surface area contributed by atoms with Gasteiger partial charge in [0.25, 0.3) is 5.91 Å². The third kappa shape index (κ3) is 4.46. The number of aromatic nitrogens is 6. The summed E-state index contributed by atoms with van der Waals surface area (Å²) in [5.74, 6) is 1.26. The van der Waals surface area contributed by atoms with Gasteiger partial charge in [0.2, 0.25) is 0 Å². The van der Waals surface area contributed by atoms with E-state index in [1.165, 1.54) is 6.33 Å². The van der Waals surface area contributed by atoms with Crippen molar-refractivity contribution >= 4 is 11.6 Å². The Bertz CT molecular complexity index is 1130. The van der Waals surface area contributed by atoms with E-state index in [2.05, 4.69) is 35.8 Å². The summed E-state index contributed by atoms with van der Waals surface area (Å²) in [6, 6.07) is 12.9. The molecule has 30 heavy (non-hydrogen) atoms. The molecule has 3 aromatic heterocycles. The molecule has 1 aromatic carbocycles. The van der Waals surface area contributed by atoms with Crippen LogP contribution in [0, 0.1) is 0 Å². The number of benzene rings is 1. The van der Waals surface area contributed by atoms with Crippen molar-refractivity contribution in [1.82, 2.24) is 35.0 Å². The van der Waals surface area contributed by atoms with E-state index in [4.69, 9.17) is 0 Å². The van der Waals surface area contributed by atoms with E-state index >= 15 is 0 Å². The molecular weight excluding hydrogens is 380 g/mol. The van der Waals surface area contributed by atoms with Gasteiger partial charge in [-0.3, -0.25) is 9.78 Å². The molecule has 0 aliphatic carbocycles. The summed E-state index contributed by atoms with van der Waals surface area (Å²) in [6.45, 7) is 0.879. The molecule has 150 valence electrons. The number of nitrogens with one attached hydrogen (secondary N) is 2. The van der Waals surface area contributed by atoms with E-state index in [1.54, 1.807) is 36.8 Å². The molecular formula is C21H20N8O. The van der Waals surface area contributed by atoms with Gasteiger partial charge in [-0.2, -0.15) is 0 Å². The highest BCUT2D eigenvalue weighted by molar-refractivity contribution is 5.95. The lowest BCUT2D eigenvalue weighted by Gasteiger charge is -2.09. The van der Waals surface area contributed by atoms with Gasteiger partial charge in [0.15, 0.2) is 11.6 Å². The molecule has 9 nitrogen and oxygen atoms in total. The lowest BCUT2D eigenvalue weighted by Crippen LogP contribution is -2.22. The molecule has 0 bridgehead atoms. The van der Waals surface area contributed by atoms with Gasteiger partial charge < -0.3 is 15.2 Å². The van der Waals surface area contributed by atoms with Crippen LogP contribution in [-0.2, 0) is 20.1 Å². The average molecular weight is 400 g/mol. The van der Waals surface area contributed by atoms with Crippen molar-refractivity contribution in [3.05, 3.63) is 84.3 Å². The van der Waals surface area contributed by atoms with E-state index in [0.29, 0.717) is 30.2 Å². The highest BCUT2D eigenvalue weighted by atomic mass is 16.1. The van der Waals surface area contributed by atoms with Crippen LogP contribution >= 0.6 is 0 Å². The molecule has 0 aliphatic heterocycles. The van der Waals surface area contributed by atoms with Gasteiger partial charge in [0, 0.05) is 43.4 Å². The summed E-state index contributed by atoms with van der Waals surface area (Å²) in [4.78, 5) is 24.6. The van der Waals surface area contributed by atoms with Crippen LogP contribution in [0.15, 0.2) is 67.4 Å². The second kappa shape index (κ2) is 8.91. The molecule has 2 N–H and O–H groups in total. The topological polar surface area (TPSA) is 111 Å². The maximum absolute atomic E-state index is 12.5. The van der Waals surface area contributed by atoms with Crippen molar-refractivity contribution in [3.63, 3.8) is 0 Å². The number of carbonyl (C=O) groups is 1. The quantitative estimate of drug-likeness (QED) is 0.489. The van der Waals surface area contributed by atoms with E-state index in [9.17, 15) is 4.79 Å². The van der Waals surface area contributed by atoms with Crippen molar-refractivity contribution < 1.29 is 4.79 Å². The molecule has 0 saturated carbocycles. The molecule has 0 saturated heterocycles. The van der Waals surface area contributed by atoms with Gasteiger partial charge in [0.05, 0.1) is 6.54 Å². The normalized spacial score (nSPS) is 10.6. The summed E-state index contributed by atoms with van der Waals surface area (Å²) in [7, 11) is 1.89. The first-order chi connectivity index (χ1) is 14.7. The second-order valence-corrected chi connectivity index (χ2v) is 6.57. The standard InChI is InChI=1S/C21H20N8O/c1-29-19(27-28-20(29)18-7-9-23-14-26-18)13-24-17-6-2-5-16(10-17)21(30)25-12-15-4-3-8-22-11-15/h2-11,14,24H,12-13H2,1H3,(H,25,30). The molecule has 4 rings (SSSR count). The molecule has 0 spiro atoms. The minimum Gasteiger partial charge on any atom is -0.378 e. The number of hydrogen-bond acceptors (Lipinski definition) is 7. The zero-order chi connectivity index (χ0) is 20.8. The van der Waals surface area contributed by atoms with Crippen molar-refractivity contribution in [3.8, 4) is 11.5 Å². The average Bonchev–Trinajstić information content (AvgIpc) is 3.17. The Hall–Kier alpha value is -4.14.